The number of aromatic carboxylic acids is 1. The Morgan fingerprint density at radius 3 is 2.55 bits per heavy atom. The maximum absolute atomic E-state index is 12.5. The van der Waals surface area contributed by atoms with E-state index in [9.17, 15) is 13.2 Å². The molecule has 112 valence electrons. The van der Waals surface area contributed by atoms with Crippen molar-refractivity contribution in [3.8, 4) is 0 Å². The SMILES string of the molecule is COC1CCN(S(=O)(=O)c2cc(C(=O)O)sc2Br)CC1. The van der Waals surface area contributed by atoms with Crippen molar-refractivity contribution in [1.29, 1.82) is 0 Å². The van der Waals surface area contributed by atoms with Gasteiger partial charge in [0.2, 0.25) is 10.0 Å². The fourth-order valence-electron chi connectivity index (χ4n) is 2.08. The van der Waals surface area contributed by atoms with Gasteiger partial charge in [-0.1, -0.05) is 0 Å². The number of carboxylic acid groups (broad SMARTS) is 1. The van der Waals surface area contributed by atoms with Gasteiger partial charge >= 0.3 is 5.97 Å². The zero-order chi connectivity index (χ0) is 14.9. The Morgan fingerprint density at radius 2 is 2.10 bits per heavy atom. The quantitative estimate of drug-likeness (QED) is 0.859. The maximum Gasteiger partial charge on any atom is 0.345 e. The summed E-state index contributed by atoms with van der Waals surface area (Å²) in [6.45, 7) is 0.761. The van der Waals surface area contributed by atoms with E-state index in [2.05, 4.69) is 15.9 Å². The molecule has 0 bridgehead atoms. The lowest BCUT2D eigenvalue weighted by atomic mass is 10.1. The molecular formula is C11H14BrNO5S2. The number of nitrogens with zero attached hydrogens (tertiary/aromatic N) is 1. The van der Waals surface area contributed by atoms with Crippen molar-refractivity contribution in [1.82, 2.24) is 4.31 Å². The fraction of sp³-hybridized carbons (Fsp3) is 0.545. The molecule has 0 spiro atoms. The second-order valence-corrected chi connectivity index (χ2v) is 8.67. The summed E-state index contributed by atoms with van der Waals surface area (Å²) < 4.78 is 31.9. The first kappa shape index (κ1) is 15.9. The highest BCUT2D eigenvalue weighted by Crippen LogP contribution is 2.34. The summed E-state index contributed by atoms with van der Waals surface area (Å²) in [7, 11) is -2.04. The van der Waals surface area contributed by atoms with Crippen LogP contribution in [0.1, 0.15) is 22.5 Å². The minimum absolute atomic E-state index is 0.00206. The monoisotopic (exact) mass is 383 g/mol. The molecule has 1 aromatic heterocycles. The van der Waals surface area contributed by atoms with Crippen LogP contribution in [0.25, 0.3) is 0 Å². The molecule has 2 heterocycles. The summed E-state index contributed by atoms with van der Waals surface area (Å²) in [5, 5.41) is 8.93. The first-order chi connectivity index (χ1) is 9.36. The van der Waals surface area contributed by atoms with Crippen molar-refractivity contribution in [2.75, 3.05) is 20.2 Å². The van der Waals surface area contributed by atoms with Crippen LogP contribution in [0.3, 0.4) is 0 Å². The molecule has 1 aliphatic rings. The van der Waals surface area contributed by atoms with E-state index in [4.69, 9.17) is 9.84 Å². The van der Waals surface area contributed by atoms with Crippen molar-refractivity contribution < 1.29 is 23.1 Å². The number of piperidine rings is 1. The van der Waals surface area contributed by atoms with E-state index in [1.807, 2.05) is 0 Å². The molecule has 2 rings (SSSR count). The van der Waals surface area contributed by atoms with Crippen LogP contribution in [0, 0.1) is 0 Å². The van der Waals surface area contributed by atoms with Gasteiger partial charge in [0.05, 0.1) is 9.89 Å². The highest BCUT2D eigenvalue weighted by molar-refractivity contribution is 9.11. The van der Waals surface area contributed by atoms with Crippen molar-refractivity contribution in [2.24, 2.45) is 0 Å². The lowest BCUT2D eigenvalue weighted by molar-refractivity contribution is 0.0604. The third-order valence-corrected chi connectivity index (χ3v) is 7.36. The summed E-state index contributed by atoms with van der Waals surface area (Å²) in [6.07, 6.45) is 1.37. The van der Waals surface area contributed by atoms with Gasteiger partial charge in [-0.15, -0.1) is 11.3 Å². The number of methoxy groups -OCH3 is 1. The molecule has 0 radical (unpaired) electrons. The van der Waals surface area contributed by atoms with Gasteiger partial charge in [-0.25, -0.2) is 13.2 Å². The van der Waals surface area contributed by atoms with E-state index >= 15 is 0 Å². The lowest BCUT2D eigenvalue weighted by Crippen LogP contribution is -2.40. The van der Waals surface area contributed by atoms with Gasteiger partial charge in [0.15, 0.2) is 0 Å². The first-order valence-electron chi connectivity index (χ1n) is 5.92. The van der Waals surface area contributed by atoms with E-state index in [0.29, 0.717) is 29.7 Å². The Labute approximate surface area is 129 Å². The molecule has 1 N–H and O–H groups in total. The number of rotatable bonds is 4. The number of sulfonamides is 1. The molecule has 1 fully saturated rings. The Hall–Kier alpha value is -0.480. The highest BCUT2D eigenvalue weighted by atomic mass is 79.9. The van der Waals surface area contributed by atoms with Gasteiger partial charge in [0, 0.05) is 20.2 Å². The Balaban J connectivity index is 2.25. The highest BCUT2D eigenvalue weighted by Gasteiger charge is 2.32. The van der Waals surface area contributed by atoms with E-state index in [-0.39, 0.29) is 15.9 Å². The summed E-state index contributed by atoms with van der Waals surface area (Å²) >= 11 is 4.04. The van der Waals surface area contributed by atoms with Gasteiger partial charge in [0.25, 0.3) is 0 Å². The van der Waals surface area contributed by atoms with Crippen molar-refractivity contribution >= 4 is 43.3 Å². The standard InChI is InChI=1S/C11H14BrNO5S2/c1-18-7-2-4-13(5-3-7)20(16,17)9-6-8(11(14)15)19-10(9)12/h6-7H,2-5H2,1H3,(H,14,15). The molecule has 20 heavy (non-hydrogen) atoms. The third kappa shape index (κ3) is 3.06. The lowest BCUT2D eigenvalue weighted by Gasteiger charge is -2.30. The van der Waals surface area contributed by atoms with Crippen LogP contribution in [-0.2, 0) is 14.8 Å². The molecule has 6 nitrogen and oxygen atoms in total. The molecule has 1 aromatic rings. The third-order valence-electron chi connectivity index (χ3n) is 3.22. The zero-order valence-electron chi connectivity index (χ0n) is 10.7. The van der Waals surface area contributed by atoms with Crippen molar-refractivity contribution in [3.63, 3.8) is 0 Å². The molecule has 0 amide bonds. The number of hydrogen-bond donors (Lipinski definition) is 1. The number of hydrogen-bond acceptors (Lipinski definition) is 5. The Morgan fingerprint density at radius 1 is 1.50 bits per heavy atom. The second kappa shape index (κ2) is 6.10. The average molecular weight is 384 g/mol. The van der Waals surface area contributed by atoms with E-state index in [0.717, 1.165) is 11.3 Å². The van der Waals surface area contributed by atoms with Crippen LogP contribution < -0.4 is 0 Å². The number of thiophene rings is 1. The van der Waals surface area contributed by atoms with Crippen LogP contribution in [0.2, 0.25) is 0 Å². The summed E-state index contributed by atoms with van der Waals surface area (Å²) in [5.74, 6) is -1.13. The predicted octanol–water partition coefficient (Wildman–Crippen LogP) is 2.01. The van der Waals surface area contributed by atoms with Crippen LogP contribution in [0.5, 0.6) is 0 Å². The normalized spacial score (nSPS) is 18.3. The van der Waals surface area contributed by atoms with Crippen LogP contribution in [0.4, 0.5) is 0 Å². The van der Waals surface area contributed by atoms with Gasteiger partial charge in [-0.2, -0.15) is 4.31 Å². The average Bonchev–Trinajstić information content (AvgIpc) is 2.82. The number of carbonyl (C=O) groups is 1. The Kier molecular flexibility index (Phi) is 4.85. The van der Waals surface area contributed by atoms with Gasteiger partial charge in [-0.3, -0.25) is 0 Å². The van der Waals surface area contributed by atoms with Gasteiger partial charge < -0.3 is 9.84 Å². The molecule has 1 aliphatic heterocycles. The second-order valence-electron chi connectivity index (χ2n) is 4.39. The smallest absolute Gasteiger partial charge is 0.345 e. The van der Waals surface area contributed by atoms with Gasteiger partial charge in [0.1, 0.15) is 9.77 Å². The van der Waals surface area contributed by atoms with E-state index in [1.165, 1.54) is 10.4 Å². The van der Waals surface area contributed by atoms with Crippen LogP contribution in [0.15, 0.2) is 14.7 Å². The first-order valence-corrected chi connectivity index (χ1v) is 8.96. The summed E-state index contributed by atoms with van der Waals surface area (Å²) in [6, 6.07) is 1.20. The van der Waals surface area contributed by atoms with E-state index in [1.54, 1.807) is 7.11 Å². The van der Waals surface area contributed by atoms with Crippen molar-refractivity contribution in [3.05, 3.63) is 14.7 Å². The topological polar surface area (TPSA) is 83.9 Å². The molecule has 0 saturated carbocycles. The molecule has 0 atom stereocenters. The molecule has 1 saturated heterocycles. The molecule has 0 aromatic carbocycles. The molecular weight excluding hydrogens is 370 g/mol. The van der Waals surface area contributed by atoms with E-state index < -0.39 is 16.0 Å². The van der Waals surface area contributed by atoms with Crippen molar-refractivity contribution in [2.45, 2.75) is 23.8 Å². The minimum atomic E-state index is -3.66. The molecule has 0 unspecified atom stereocenters. The largest absolute Gasteiger partial charge is 0.477 e. The maximum atomic E-state index is 12.5. The van der Waals surface area contributed by atoms with Crippen LogP contribution in [-0.4, -0.2) is 50.1 Å². The molecule has 9 heteroatoms. The predicted molar refractivity (Wildman–Crippen MR) is 77.8 cm³/mol. The zero-order valence-corrected chi connectivity index (χ0v) is 13.9. The number of carboxylic acids is 1. The number of halogens is 1. The van der Waals surface area contributed by atoms with Crippen LogP contribution >= 0.6 is 27.3 Å². The fourth-order valence-corrected chi connectivity index (χ4v) is 5.90. The Bertz CT molecular complexity index is 604. The number of ether oxygens (including phenoxy) is 1. The summed E-state index contributed by atoms with van der Waals surface area (Å²) in [5.41, 5.74) is 0. The van der Waals surface area contributed by atoms with Gasteiger partial charge in [-0.05, 0) is 34.8 Å². The minimum Gasteiger partial charge on any atom is -0.477 e. The summed E-state index contributed by atoms with van der Waals surface area (Å²) in [4.78, 5) is 10.9. The molecule has 0 aliphatic carbocycles.